The van der Waals surface area contributed by atoms with Crippen molar-refractivity contribution >= 4 is 11.4 Å². The summed E-state index contributed by atoms with van der Waals surface area (Å²) in [6.07, 6.45) is 3.46. The molecular weight excluding hydrogens is 329 g/mol. The maximum absolute atomic E-state index is 13.4. The van der Waals surface area contributed by atoms with Crippen molar-refractivity contribution in [2.45, 2.75) is 6.54 Å². The van der Waals surface area contributed by atoms with Crippen molar-refractivity contribution in [3.05, 3.63) is 95.6 Å². The van der Waals surface area contributed by atoms with Gasteiger partial charge in [0.05, 0.1) is 11.4 Å². The third-order valence-electron chi connectivity index (χ3n) is 4.01. The lowest BCUT2D eigenvalue weighted by atomic mass is 10.0. The summed E-state index contributed by atoms with van der Waals surface area (Å²) < 4.78 is 13.4. The highest BCUT2D eigenvalue weighted by Gasteiger charge is 2.11. The highest BCUT2D eigenvalue weighted by atomic mass is 19.1. The van der Waals surface area contributed by atoms with Crippen molar-refractivity contribution in [3.63, 3.8) is 0 Å². The first-order valence-electron chi connectivity index (χ1n) is 8.27. The number of nitrogens with zero attached hydrogens (tertiary/aromatic N) is 1. The molecule has 0 amide bonds. The first-order chi connectivity index (χ1) is 12.7. The molecule has 0 saturated heterocycles. The van der Waals surface area contributed by atoms with Crippen molar-refractivity contribution in [2.24, 2.45) is 0 Å². The summed E-state index contributed by atoms with van der Waals surface area (Å²) in [6, 6.07) is 17.2. The number of hydrogen-bond acceptors (Lipinski definition) is 4. The Balaban J connectivity index is 1.99. The van der Waals surface area contributed by atoms with Crippen LogP contribution in [0.2, 0.25) is 0 Å². The second-order valence-corrected chi connectivity index (χ2v) is 5.76. The molecule has 0 fully saturated rings. The molecule has 0 aliphatic rings. The number of phenolic OH excluding ortho intramolecular Hbond substituents is 1. The fraction of sp³-hybridized carbons (Fsp3) is 0.0952. The van der Waals surface area contributed by atoms with Gasteiger partial charge in [-0.25, -0.2) is 4.39 Å². The fourth-order valence-corrected chi connectivity index (χ4v) is 2.69. The predicted octanol–water partition coefficient (Wildman–Crippen LogP) is 3.76. The number of benzene rings is 2. The van der Waals surface area contributed by atoms with Crippen molar-refractivity contribution in [1.29, 1.82) is 0 Å². The van der Waals surface area contributed by atoms with Gasteiger partial charge in [0.15, 0.2) is 0 Å². The van der Waals surface area contributed by atoms with Crippen molar-refractivity contribution in [1.82, 2.24) is 15.6 Å². The van der Waals surface area contributed by atoms with E-state index in [2.05, 4.69) is 15.6 Å². The molecule has 2 aromatic carbocycles. The number of aromatic nitrogens is 1. The Morgan fingerprint density at radius 1 is 0.885 bits per heavy atom. The van der Waals surface area contributed by atoms with Crippen LogP contribution in [0, 0.1) is 5.82 Å². The third kappa shape index (κ3) is 4.19. The van der Waals surface area contributed by atoms with Gasteiger partial charge in [0.2, 0.25) is 0 Å². The molecule has 0 radical (unpaired) electrons. The summed E-state index contributed by atoms with van der Waals surface area (Å²) >= 11 is 0. The van der Waals surface area contributed by atoms with Crippen LogP contribution in [0.5, 0.6) is 5.75 Å². The van der Waals surface area contributed by atoms with Gasteiger partial charge in [-0.15, -0.1) is 0 Å². The van der Waals surface area contributed by atoms with E-state index in [1.165, 1.54) is 12.1 Å². The zero-order valence-electron chi connectivity index (χ0n) is 14.4. The van der Waals surface area contributed by atoms with Crippen LogP contribution < -0.4 is 10.6 Å². The predicted molar refractivity (Wildman–Crippen MR) is 101 cm³/mol. The lowest BCUT2D eigenvalue weighted by Gasteiger charge is -2.18. The maximum atomic E-state index is 13.4. The number of nitrogens with one attached hydrogen (secondary N) is 2. The van der Waals surface area contributed by atoms with Gasteiger partial charge in [0, 0.05) is 31.5 Å². The largest absolute Gasteiger partial charge is 0.508 e. The number of hydrogen-bond donors (Lipinski definition) is 3. The monoisotopic (exact) mass is 349 g/mol. The van der Waals surface area contributed by atoms with E-state index in [0.717, 1.165) is 28.1 Å². The van der Waals surface area contributed by atoms with E-state index in [0.29, 0.717) is 6.54 Å². The van der Waals surface area contributed by atoms with Crippen molar-refractivity contribution < 1.29 is 9.50 Å². The fourth-order valence-electron chi connectivity index (χ4n) is 2.69. The number of aromatic hydroxyl groups is 1. The molecule has 4 nitrogen and oxygen atoms in total. The summed E-state index contributed by atoms with van der Waals surface area (Å²) in [5.74, 6) is -0.0442. The minimum absolute atomic E-state index is 0.232. The molecule has 1 aromatic heterocycles. The van der Waals surface area contributed by atoms with Gasteiger partial charge < -0.3 is 15.7 Å². The molecule has 0 aliphatic carbocycles. The smallest absolute Gasteiger partial charge is 0.123 e. The Hall–Kier alpha value is -3.34. The Bertz CT molecular complexity index is 875. The molecule has 132 valence electrons. The van der Waals surface area contributed by atoms with Gasteiger partial charge in [-0.05, 0) is 59.7 Å². The highest BCUT2D eigenvalue weighted by molar-refractivity contribution is 5.88. The lowest BCUT2D eigenvalue weighted by Crippen LogP contribution is -2.18. The van der Waals surface area contributed by atoms with E-state index >= 15 is 0 Å². The van der Waals surface area contributed by atoms with E-state index in [1.807, 2.05) is 31.3 Å². The number of halogens is 1. The molecule has 0 atom stereocenters. The molecule has 3 aromatic rings. The van der Waals surface area contributed by atoms with Crippen LogP contribution >= 0.6 is 0 Å². The Morgan fingerprint density at radius 2 is 1.50 bits per heavy atom. The van der Waals surface area contributed by atoms with Gasteiger partial charge in [-0.2, -0.15) is 0 Å². The number of phenols is 1. The molecule has 0 spiro atoms. The summed E-state index contributed by atoms with van der Waals surface area (Å²) in [6.45, 7) is 0.559. The molecule has 0 saturated carbocycles. The van der Waals surface area contributed by atoms with Crippen LogP contribution in [0.3, 0.4) is 0 Å². The molecular formula is C21H20FN3O. The van der Waals surface area contributed by atoms with E-state index in [9.17, 15) is 9.50 Å². The van der Waals surface area contributed by atoms with Crippen LogP contribution in [-0.2, 0) is 6.54 Å². The average Bonchev–Trinajstić information content (AvgIpc) is 2.68. The molecule has 0 unspecified atom stereocenters. The zero-order chi connectivity index (χ0) is 18.4. The number of pyridine rings is 1. The standard InChI is InChI=1S/C21H20FN3O/c1-23-20(17-10-12-24-13-11-17)21(16-4-6-18(22)7-5-16)25-14-15-2-8-19(26)9-3-15/h2-13,23,25-26H,14H2,1H3/b21-20-. The first-order valence-corrected chi connectivity index (χ1v) is 8.27. The molecule has 0 aliphatic heterocycles. The maximum Gasteiger partial charge on any atom is 0.123 e. The Labute approximate surface area is 152 Å². The first kappa shape index (κ1) is 17.5. The summed E-state index contributed by atoms with van der Waals surface area (Å²) in [5, 5.41) is 16.1. The van der Waals surface area contributed by atoms with E-state index in [4.69, 9.17) is 0 Å². The number of rotatable bonds is 6. The van der Waals surface area contributed by atoms with Crippen LogP contribution in [0.15, 0.2) is 73.1 Å². The SMILES string of the molecule is CN/C(=C(\NCc1ccc(O)cc1)c1ccc(F)cc1)c1ccncc1. The Morgan fingerprint density at radius 3 is 2.12 bits per heavy atom. The second-order valence-electron chi connectivity index (χ2n) is 5.76. The average molecular weight is 349 g/mol. The summed E-state index contributed by atoms with van der Waals surface area (Å²) in [4.78, 5) is 4.06. The molecule has 3 rings (SSSR count). The van der Waals surface area contributed by atoms with E-state index < -0.39 is 0 Å². The molecule has 1 heterocycles. The normalized spacial score (nSPS) is 11.6. The van der Waals surface area contributed by atoms with Crippen molar-refractivity contribution in [3.8, 4) is 5.75 Å². The molecule has 3 N–H and O–H groups in total. The van der Waals surface area contributed by atoms with Gasteiger partial charge in [0.25, 0.3) is 0 Å². The molecule has 5 heteroatoms. The minimum atomic E-state index is -0.276. The van der Waals surface area contributed by atoms with Crippen LogP contribution in [-0.4, -0.2) is 17.1 Å². The lowest BCUT2D eigenvalue weighted by molar-refractivity contribution is 0.475. The van der Waals surface area contributed by atoms with E-state index in [-0.39, 0.29) is 11.6 Å². The quantitative estimate of drug-likeness (QED) is 0.634. The van der Waals surface area contributed by atoms with Gasteiger partial charge >= 0.3 is 0 Å². The van der Waals surface area contributed by atoms with Gasteiger partial charge in [-0.3, -0.25) is 4.98 Å². The van der Waals surface area contributed by atoms with Crippen LogP contribution in [0.1, 0.15) is 16.7 Å². The molecule has 26 heavy (non-hydrogen) atoms. The topological polar surface area (TPSA) is 57.2 Å². The Kier molecular flexibility index (Phi) is 5.49. The summed E-state index contributed by atoms with van der Waals surface area (Å²) in [7, 11) is 1.85. The van der Waals surface area contributed by atoms with Gasteiger partial charge in [0.1, 0.15) is 11.6 Å². The van der Waals surface area contributed by atoms with Crippen LogP contribution in [0.25, 0.3) is 11.4 Å². The third-order valence-corrected chi connectivity index (χ3v) is 4.01. The van der Waals surface area contributed by atoms with Crippen LogP contribution in [0.4, 0.5) is 4.39 Å². The highest BCUT2D eigenvalue weighted by Crippen LogP contribution is 2.23. The van der Waals surface area contributed by atoms with Gasteiger partial charge in [-0.1, -0.05) is 12.1 Å². The van der Waals surface area contributed by atoms with Crippen molar-refractivity contribution in [2.75, 3.05) is 7.05 Å². The summed E-state index contributed by atoms with van der Waals surface area (Å²) in [5.41, 5.74) is 4.60. The zero-order valence-corrected chi connectivity index (χ0v) is 14.4. The minimum Gasteiger partial charge on any atom is -0.508 e. The van der Waals surface area contributed by atoms with E-state index in [1.54, 1.807) is 36.7 Å². The molecule has 0 bridgehead atoms. The second kappa shape index (κ2) is 8.16.